The Morgan fingerprint density at radius 3 is 2.87 bits per heavy atom. The second kappa shape index (κ2) is 4.80. The van der Waals surface area contributed by atoms with Gasteiger partial charge in [-0.3, -0.25) is 4.79 Å². The van der Waals surface area contributed by atoms with Gasteiger partial charge in [-0.15, -0.1) is 0 Å². The largest absolute Gasteiger partial charge is 0.469 e. The van der Waals surface area contributed by atoms with Gasteiger partial charge in [0.25, 0.3) is 0 Å². The number of methoxy groups -OCH3 is 1. The monoisotopic (exact) mass is 268 g/mol. The number of halogens is 1. The third-order valence-corrected chi connectivity index (χ3v) is 2.59. The number of anilines is 1. The first-order valence-corrected chi connectivity index (χ1v) is 4.92. The zero-order valence-corrected chi connectivity index (χ0v) is 9.67. The van der Waals surface area contributed by atoms with Crippen LogP contribution in [0.1, 0.15) is 11.1 Å². The van der Waals surface area contributed by atoms with E-state index in [1.165, 1.54) is 7.11 Å². The van der Waals surface area contributed by atoms with Gasteiger partial charge in [0.1, 0.15) is 0 Å². The summed E-state index contributed by atoms with van der Waals surface area (Å²) in [6.07, 6.45) is 0.0525. The highest BCUT2D eigenvalue weighted by Gasteiger charge is 2.10. The fraction of sp³-hybridized carbons (Fsp3) is 0.200. The van der Waals surface area contributed by atoms with Crippen LogP contribution in [0.3, 0.4) is 0 Å². The number of hydrogen-bond acceptors (Lipinski definition) is 4. The smallest absolute Gasteiger partial charge is 0.310 e. The topological polar surface area (TPSA) is 76.1 Å². The Balaban J connectivity index is 3.12. The number of carbonyl (C=O) groups is 1. The Kier molecular flexibility index (Phi) is 3.69. The average Bonchev–Trinajstić information content (AvgIpc) is 2.22. The predicted molar refractivity (Wildman–Crippen MR) is 59.0 cm³/mol. The summed E-state index contributed by atoms with van der Waals surface area (Å²) in [4.78, 5) is 11.1. The van der Waals surface area contributed by atoms with Gasteiger partial charge < -0.3 is 10.5 Å². The molecular formula is C10H9BrN2O2. The van der Waals surface area contributed by atoms with Crippen molar-refractivity contribution in [3.63, 3.8) is 0 Å². The van der Waals surface area contributed by atoms with Crippen LogP contribution in [0.2, 0.25) is 0 Å². The van der Waals surface area contributed by atoms with Gasteiger partial charge in [0.2, 0.25) is 0 Å². The van der Waals surface area contributed by atoms with Gasteiger partial charge in [-0.05, 0) is 33.6 Å². The normalized spacial score (nSPS) is 9.40. The summed E-state index contributed by atoms with van der Waals surface area (Å²) in [5.41, 5.74) is 7.14. The van der Waals surface area contributed by atoms with Gasteiger partial charge in [0.05, 0.1) is 25.2 Å². The van der Waals surface area contributed by atoms with E-state index in [9.17, 15) is 4.79 Å². The van der Waals surface area contributed by atoms with Crippen LogP contribution in [0.15, 0.2) is 16.6 Å². The molecule has 0 saturated carbocycles. The van der Waals surface area contributed by atoms with Crippen LogP contribution in [0.5, 0.6) is 0 Å². The Morgan fingerprint density at radius 2 is 2.33 bits per heavy atom. The van der Waals surface area contributed by atoms with Crippen LogP contribution in [-0.2, 0) is 16.0 Å². The molecule has 0 spiro atoms. The highest BCUT2D eigenvalue weighted by molar-refractivity contribution is 9.10. The number of nitrogen functional groups attached to an aromatic ring is 1. The number of ether oxygens (including phenoxy) is 1. The summed E-state index contributed by atoms with van der Waals surface area (Å²) < 4.78 is 5.17. The minimum Gasteiger partial charge on any atom is -0.469 e. The number of nitriles is 1. The van der Waals surface area contributed by atoms with Crippen molar-refractivity contribution in [1.29, 1.82) is 5.26 Å². The molecule has 15 heavy (non-hydrogen) atoms. The van der Waals surface area contributed by atoms with Gasteiger partial charge in [-0.1, -0.05) is 0 Å². The van der Waals surface area contributed by atoms with Crippen LogP contribution in [0.4, 0.5) is 5.69 Å². The molecule has 0 bridgehead atoms. The van der Waals surface area contributed by atoms with E-state index in [0.29, 0.717) is 21.3 Å². The minimum absolute atomic E-state index is 0.0525. The maximum atomic E-state index is 11.1. The second-order valence-electron chi connectivity index (χ2n) is 2.90. The lowest BCUT2D eigenvalue weighted by Gasteiger charge is -2.05. The average molecular weight is 269 g/mol. The SMILES string of the molecule is COC(=O)Cc1cc(N)c(Br)cc1C#N. The molecule has 0 aliphatic rings. The molecule has 0 aromatic heterocycles. The number of benzene rings is 1. The summed E-state index contributed by atoms with van der Waals surface area (Å²) in [6.45, 7) is 0. The first kappa shape index (κ1) is 11.5. The number of carbonyl (C=O) groups excluding carboxylic acids is 1. The van der Waals surface area contributed by atoms with E-state index in [-0.39, 0.29) is 6.42 Å². The molecular weight excluding hydrogens is 260 g/mol. The van der Waals surface area contributed by atoms with Gasteiger partial charge in [-0.2, -0.15) is 5.26 Å². The molecule has 5 heteroatoms. The van der Waals surface area contributed by atoms with Crippen molar-refractivity contribution in [1.82, 2.24) is 0 Å². The molecule has 4 nitrogen and oxygen atoms in total. The molecule has 0 saturated heterocycles. The van der Waals surface area contributed by atoms with Crippen LogP contribution in [0, 0.1) is 11.3 Å². The molecule has 0 unspecified atom stereocenters. The number of nitrogens with two attached hydrogens (primary N) is 1. The Hall–Kier alpha value is -1.54. The first-order chi connectivity index (χ1) is 7.08. The summed E-state index contributed by atoms with van der Waals surface area (Å²) in [7, 11) is 1.30. The number of hydrogen-bond donors (Lipinski definition) is 1. The van der Waals surface area contributed by atoms with E-state index < -0.39 is 5.97 Å². The zero-order valence-electron chi connectivity index (χ0n) is 8.08. The van der Waals surface area contributed by atoms with Crippen molar-refractivity contribution in [3.05, 3.63) is 27.7 Å². The van der Waals surface area contributed by atoms with E-state index in [1.807, 2.05) is 6.07 Å². The number of nitrogens with zero attached hydrogens (tertiary/aromatic N) is 1. The molecule has 2 N–H and O–H groups in total. The van der Waals surface area contributed by atoms with Crippen LogP contribution in [-0.4, -0.2) is 13.1 Å². The van der Waals surface area contributed by atoms with Crippen LogP contribution >= 0.6 is 15.9 Å². The molecule has 0 fully saturated rings. The van der Waals surface area contributed by atoms with E-state index in [4.69, 9.17) is 11.0 Å². The fourth-order valence-electron chi connectivity index (χ4n) is 1.12. The van der Waals surface area contributed by atoms with Crippen molar-refractivity contribution < 1.29 is 9.53 Å². The Labute approximate surface area is 95.8 Å². The Morgan fingerprint density at radius 1 is 1.67 bits per heavy atom. The molecule has 0 heterocycles. The third-order valence-electron chi connectivity index (χ3n) is 1.91. The van der Waals surface area contributed by atoms with Crippen LogP contribution < -0.4 is 5.73 Å². The van der Waals surface area contributed by atoms with Gasteiger partial charge >= 0.3 is 5.97 Å². The maximum Gasteiger partial charge on any atom is 0.310 e. The molecule has 1 rings (SSSR count). The van der Waals surface area contributed by atoms with Gasteiger partial charge in [0, 0.05) is 10.2 Å². The fourth-order valence-corrected chi connectivity index (χ4v) is 1.46. The van der Waals surface area contributed by atoms with Crippen molar-refractivity contribution in [2.75, 3.05) is 12.8 Å². The van der Waals surface area contributed by atoms with Crippen LogP contribution in [0.25, 0.3) is 0 Å². The first-order valence-electron chi connectivity index (χ1n) is 4.13. The predicted octanol–water partition coefficient (Wildman–Crippen LogP) is 1.62. The third kappa shape index (κ3) is 2.70. The Bertz CT molecular complexity index is 438. The lowest BCUT2D eigenvalue weighted by atomic mass is 10.0. The summed E-state index contributed by atoms with van der Waals surface area (Å²) >= 11 is 3.21. The molecule has 0 radical (unpaired) electrons. The molecule has 1 aromatic carbocycles. The highest BCUT2D eigenvalue weighted by Crippen LogP contribution is 2.24. The lowest BCUT2D eigenvalue weighted by molar-refractivity contribution is -0.139. The van der Waals surface area contributed by atoms with Crippen molar-refractivity contribution in [3.8, 4) is 6.07 Å². The van der Waals surface area contributed by atoms with E-state index in [1.54, 1.807) is 12.1 Å². The summed E-state index contributed by atoms with van der Waals surface area (Å²) in [5, 5.41) is 8.86. The minimum atomic E-state index is -0.395. The van der Waals surface area contributed by atoms with Crippen molar-refractivity contribution >= 4 is 27.6 Å². The molecule has 1 aromatic rings. The van der Waals surface area contributed by atoms with E-state index in [0.717, 1.165) is 0 Å². The lowest BCUT2D eigenvalue weighted by Crippen LogP contribution is -2.06. The highest BCUT2D eigenvalue weighted by atomic mass is 79.9. The maximum absolute atomic E-state index is 11.1. The second-order valence-corrected chi connectivity index (χ2v) is 3.75. The number of esters is 1. The summed E-state index contributed by atoms with van der Waals surface area (Å²) in [6, 6.07) is 5.19. The standard InChI is InChI=1S/C10H9BrN2O2/c1-15-10(14)4-6-3-9(13)8(11)2-7(6)5-12/h2-3H,4,13H2,1H3. The zero-order chi connectivity index (χ0) is 11.4. The summed E-state index contributed by atoms with van der Waals surface area (Å²) in [5.74, 6) is -0.395. The molecule has 0 atom stereocenters. The molecule has 0 amide bonds. The van der Waals surface area contributed by atoms with E-state index in [2.05, 4.69) is 20.7 Å². The van der Waals surface area contributed by atoms with Gasteiger partial charge in [-0.25, -0.2) is 0 Å². The van der Waals surface area contributed by atoms with Crippen molar-refractivity contribution in [2.24, 2.45) is 0 Å². The van der Waals surface area contributed by atoms with E-state index >= 15 is 0 Å². The molecule has 0 aliphatic carbocycles. The van der Waals surface area contributed by atoms with Crippen molar-refractivity contribution in [2.45, 2.75) is 6.42 Å². The molecule has 0 aliphatic heterocycles. The number of rotatable bonds is 2. The van der Waals surface area contributed by atoms with Gasteiger partial charge in [0.15, 0.2) is 0 Å². The quantitative estimate of drug-likeness (QED) is 0.653. The molecule has 78 valence electrons.